The number of hydrogen-bond acceptors (Lipinski definition) is 0. The zero-order valence-electron chi connectivity index (χ0n) is 10.0. The fourth-order valence-electron chi connectivity index (χ4n) is 1.85. The molecule has 0 spiro atoms. The van der Waals surface area contributed by atoms with Crippen molar-refractivity contribution in [3.8, 4) is 0 Å². The molecular formula is C15H20. The molecule has 0 nitrogen and oxygen atoms in total. The molecule has 0 atom stereocenters. The molecule has 0 unspecified atom stereocenters. The maximum absolute atomic E-state index is 4.18. The fourth-order valence-corrected chi connectivity index (χ4v) is 1.85. The summed E-state index contributed by atoms with van der Waals surface area (Å²) < 4.78 is 0. The molecule has 0 saturated heterocycles. The normalized spacial score (nSPS) is 16.5. The fraction of sp³-hybridized carbons (Fsp3) is 0.467. The average molecular weight is 200 g/mol. The van der Waals surface area contributed by atoms with Gasteiger partial charge >= 0.3 is 0 Å². The van der Waals surface area contributed by atoms with Gasteiger partial charge in [-0.3, -0.25) is 0 Å². The van der Waals surface area contributed by atoms with Crippen molar-refractivity contribution in [1.82, 2.24) is 0 Å². The molecule has 0 aliphatic heterocycles. The molecule has 0 heteroatoms. The molecular weight excluding hydrogens is 180 g/mol. The van der Waals surface area contributed by atoms with E-state index in [2.05, 4.69) is 51.6 Å². The van der Waals surface area contributed by atoms with Crippen LogP contribution < -0.4 is 0 Å². The van der Waals surface area contributed by atoms with Crippen LogP contribution in [0.25, 0.3) is 5.57 Å². The highest BCUT2D eigenvalue weighted by molar-refractivity contribution is 5.67. The summed E-state index contributed by atoms with van der Waals surface area (Å²) in [6.45, 7) is 10.9. The Labute approximate surface area is 93.0 Å². The molecule has 80 valence electrons. The van der Waals surface area contributed by atoms with E-state index < -0.39 is 0 Å². The average Bonchev–Trinajstić information content (AvgIpc) is 2.99. The van der Waals surface area contributed by atoms with Crippen molar-refractivity contribution in [3.05, 3.63) is 42.0 Å². The first-order valence-corrected chi connectivity index (χ1v) is 5.78. The highest BCUT2D eigenvalue weighted by atomic mass is 14.3. The summed E-state index contributed by atoms with van der Waals surface area (Å²) in [5.74, 6) is 0.769. The molecule has 2 rings (SSSR count). The summed E-state index contributed by atoms with van der Waals surface area (Å²) in [4.78, 5) is 0. The Morgan fingerprint density at radius 3 is 2.07 bits per heavy atom. The van der Waals surface area contributed by atoms with Gasteiger partial charge in [0.25, 0.3) is 0 Å². The van der Waals surface area contributed by atoms with Gasteiger partial charge in [-0.05, 0) is 40.9 Å². The van der Waals surface area contributed by atoms with Crippen LogP contribution in [0.15, 0.2) is 30.8 Å². The highest BCUT2D eigenvalue weighted by Crippen LogP contribution is 2.40. The lowest BCUT2D eigenvalue weighted by Crippen LogP contribution is -2.10. The van der Waals surface area contributed by atoms with Crippen LogP contribution in [0.4, 0.5) is 0 Å². The molecule has 1 aliphatic rings. The minimum absolute atomic E-state index is 0.249. The van der Waals surface area contributed by atoms with E-state index in [1.807, 2.05) is 0 Å². The molecule has 0 heterocycles. The van der Waals surface area contributed by atoms with Gasteiger partial charge in [-0.25, -0.2) is 0 Å². The molecule has 0 amide bonds. The van der Waals surface area contributed by atoms with Crippen LogP contribution in [0.3, 0.4) is 0 Å². The van der Waals surface area contributed by atoms with Gasteiger partial charge < -0.3 is 0 Å². The van der Waals surface area contributed by atoms with Crippen molar-refractivity contribution in [1.29, 1.82) is 0 Å². The molecule has 1 saturated carbocycles. The van der Waals surface area contributed by atoms with Crippen LogP contribution >= 0.6 is 0 Å². The van der Waals surface area contributed by atoms with E-state index >= 15 is 0 Å². The van der Waals surface area contributed by atoms with Crippen LogP contribution in [-0.4, -0.2) is 0 Å². The maximum atomic E-state index is 4.18. The summed E-state index contributed by atoms with van der Waals surface area (Å²) in [6.07, 6.45) is 2.67. The number of hydrogen-bond donors (Lipinski definition) is 0. The Bertz CT molecular complexity index is 358. The first-order chi connectivity index (χ1) is 6.98. The van der Waals surface area contributed by atoms with Crippen molar-refractivity contribution in [2.45, 2.75) is 39.0 Å². The third-order valence-corrected chi connectivity index (χ3v) is 3.19. The largest absolute Gasteiger partial charge is 0.0950 e. The third-order valence-electron chi connectivity index (χ3n) is 3.19. The lowest BCUT2D eigenvalue weighted by molar-refractivity contribution is 0.590. The Morgan fingerprint density at radius 1 is 1.13 bits per heavy atom. The molecule has 0 aromatic heterocycles. The summed E-state index contributed by atoms with van der Waals surface area (Å²) in [7, 11) is 0. The van der Waals surface area contributed by atoms with Gasteiger partial charge in [-0.1, -0.05) is 51.6 Å². The van der Waals surface area contributed by atoms with Crippen LogP contribution in [0, 0.1) is 5.92 Å². The molecule has 0 bridgehead atoms. The molecule has 1 aromatic carbocycles. The van der Waals surface area contributed by atoms with Crippen molar-refractivity contribution in [3.63, 3.8) is 0 Å². The van der Waals surface area contributed by atoms with E-state index in [4.69, 9.17) is 0 Å². The Morgan fingerprint density at radius 2 is 1.67 bits per heavy atom. The van der Waals surface area contributed by atoms with Crippen molar-refractivity contribution in [2.24, 2.45) is 5.92 Å². The van der Waals surface area contributed by atoms with Crippen LogP contribution in [-0.2, 0) is 5.41 Å². The molecule has 1 aromatic rings. The summed E-state index contributed by atoms with van der Waals surface area (Å²) in [5, 5.41) is 0. The summed E-state index contributed by atoms with van der Waals surface area (Å²) in [5.41, 5.74) is 4.30. The van der Waals surface area contributed by atoms with E-state index in [0.29, 0.717) is 0 Å². The van der Waals surface area contributed by atoms with Crippen LogP contribution in [0.2, 0.25) is 0 Å². The van der Waals surface area contributed by atoms with E-state index in [9.17, 15) is 0 Å². The Balaban J connectivity index is 2.20. The van der Waals surface area contributed by atoms with E-state index in [0.717, 1.165) is 5.92 Å². The van der Waals surface area contributed by atoms with Crippen molar-refractivity contribution in [2.75, 3.05) is 0 Å². The lowest BCUT2D eigenvalue weighted by atomic mass is 9.86. The number of rotatable bonds is 2. The first-order valence-electron chi connectivity index (χ1n) is 5.78. The smallest absolute Gasteiger partial charge is 0.0132 e. The first kappa shape index (κ1) is 10.5. The molecule has 1 aliphatic carbocycles. The van der Waals surface area contributed by atoms with Gasteiger partial charge in [0.05, 0.1) is 0 Å². The SMILES string of the molecule is C=C(c1ccc(C(C)(C)C)cc1)C1CC1. The maximum Gasteiger partial charge on any atom is -0.0132 e. The second-order valence-electron chi connectivity index (χ2n) is 5.63. The minimum atomic E-state index is 0.249. The van der Waals surface area contributed by atoms with Crippen LogP contribution in [0.5, 0.6) is 0 Å². The van der Waals surface area contributed by atoms with E-state index in [-0.39, 0.29) is 5.41 Å². The monoisotopic (exact) mass is 200 g/mol. The third kappa shape index (κ3) is 2.31. The van der Waals surface area contributed by atoms with Crippen molar-refractivity contribution < 1.29 is 0 Å². The Kier molecular flexibility index (Phi) is 2.46. The number of benzene rings is 1. The van der Waals surface area contributed by atoms with Gasteiger partial charge in [0, 0.05) is 0 Å². The second kappa shape index (κ2) is 3.52. The zero-order valence-corrected chi connectivity index (χ0v) is 10.0. The summed E-state index contributed by atoms with van der Waals surface area (Å²) >= 11 is 0. The molecule has 15 heavy (non-hydrogen) atoms. The topological polar surface area (TPSA) is 0 Å². The Hall–Kier alpha value is -1.04. The predicted molar refractivity (Wildman–Crippen MR) is 66.9 cm³/mol. The zero-order chi connectivity index (χ0) is 11.1. The molecule has 0 N–H and O–H groups in total. The molecule has 1 fully saturated rings. The second-order valence-corrected chi connectivity index (χ2v) is 5.63. The van der Waals surface area contributed by atoms with E-state index in [1.165, 1.54) is 29.5 Å². The van der Waals surface area contributed by atoms with Gasteiger partial charge in [0.1, 0.15) is 0 Å². The predicted octanol–water partition coefficient (Wildman–Crippen LogP) is 4.41. The standard InChI is InChI=1S/C15H20/c1-11(12-5-6-12)13-7-9-14(10-8-13)15(2,3)4/h7-10,12H,1,5-6H2,2-4H3. The lowest BCUT2D eigenvalue weighted by Gasteiger charge is -2.19. The molecule has 0 radical (unpaired) electrons. The minimum Gasteiger partial charge on any atom is -0.0950 e. The van der Waals surface area contributed by atoms with Gasteiger partial charge in [-0.15, -0.1) is 0 Å². The van der Waals surface area contributed by atoms with Gasteiger partial charge in [0.2, 0.25) is 0 Å². The van der Waals surface area contributed by atoms with Crippen molar-refractivity contribution >= 4 is 5.57 Å². The van der Waals surface area contributed by atoms with E-state index in [1.54, 1.807) is 0 Å². The van der Waals surface area contributed by atoms with Crippen LogP contribution in [0.1, 0.15) is 44.7 Å². The quantitative estimate of drug-likeness (QED) is 0.663. The highest BCUT2D eigenvalue weighted by Gasteiger charge is 2.25. The summed E-state index contributed by atoms with van der Waals surface area (Å²) in [6, 6.07) is 8.92. The number of allylic oxidation sites excluding steroid dienone is 1. The van der Waals surface area contributed by atoms with Gasteiger partial charge in [-0.2, -0.15) is 0 Å². The van der Waals surface area contributed by atoms with Gasteiger partial charge in [0.15, 0.2) is 0 Å².